The van der Waals surface area contributed by atoms with Crippen molar-refractivity contribution in [1.82, 2.24) is 19.7 Å². The highest BCUT2D eigenvalue weighted by atomic mass is 32.2. The molecular formula is C13H19N5S. The van der Waals surface area contributed by atoms with Crippen molar-refractivity contribution < 1.29 is 0 Å². The molecular weight excluding hydrogens is 258 g/mol. The van der Waals surface area contributed by atoms with Gasteiger partial charge in [0.1, 0.15) is 10.1 Å². The van der Waals surface area contributed by atoms with Crippen molar-refractivity contribution in [1.29, 1.82) is 0 Å². The van der Waals surface area contributed by atoms with Crippen molar-refractivity contribution >= 4 is 11.8 Å². The van der Waals surface area contributed by atoms with E-state index in [0.717, 1.165) is 28.6 Å². The van der Waals surface area contributed by atoms with Gasteiger partial charge in [0.2, 0.25) is 0 Å². The number of hydrogen-bond donors (Lipinski definition) is 1. The van der Waals surface area contributed by atoms with E-state index in [4.69, 9.17) is 5.73 Å². The van der Waals surface area contributed by atoms with E-state index in [9.17, 15) is 0 Å². The molecule has 0 bridgehead atoms. The molecule has 5 nitrogen and oxygen atoms in total. The quantitative estimate of drug-likeness (QED) is 0.904. The van der Waals surface area contributed by atoms with E-state index < -0.39 is 0 Å². The lowest BCUT2D eigenvalue weighted by atomic mass is 10.1. The second kappa shape index (κ2) is 6.16. The van der Waals surface area contributed by atoms with Crippen molar-refractivity contribution in [2.45, 2.75) is 42.8 Å². The first-order valence-corrected chi connectivity index (χ1v) is 7.15. The Labute approximate surface area is 117 Å². The number of nitrogens with zero attached hydrogens (tertiary/aromatic N) is 4. The molecule has 0 aliphatic carbocycles. The van der Waals surface area contributed by atoms with Gasteiger partial charge in [-0.15, -0.1) is 0 Å². The zero-order valence-electron chi connectivity index (χ0n) is 11.5. The van der Waals surface area contributed by atoms with Crippen LogP contribution in [0.3, 0.4) is 0 Å². The maximum atomic E-state index is 6.07. The number of rotatable bonds is 5. The first-order chi connectivity index (χ1) is 9.11. The molecule has 0 saturated heterocycles. The van der Waals surface area contributed by atoms with E-state index in [1.165, 1.54) is 5.56 Å². The molecule has 0 saturated carbocycles. The molecule has 0 spiro atoms. The lowest BCUT2D eigenvalue weighted by Crippen LogP contribution is -2.21. The van der Waals surface area contributed by atoms with Crippen LogP contribution in [-0.2, 0) is 13.5 Å². The summed E-state index contributed by atoms with van der Waals surface area (Å²) in [7, 11) is 1.95. The van der Waals surface area contributed by atoms with E-state index in [2.05, 4.69) is 22.0 Å². The fourth-order valence-corrected chi connectivity index (χ4v) is 2.84. The summed E-state index contributed by atoms with van der Waals surface area (Å²) in [5, 5.41) is 6.46. The standard InChI is InChI=1S/C13H19N5S/c1-4-10(14)7-11-9(2)17-18(3)13(11)19-12-8-15-5-6-16-12/h5-6,8,10H,4,7,14H2,1-3H3. The molecule has 102 valence electrons. The predicted molar refractivity (Wildman–Crippen MR) is 76.1 cm³/mol. The van der Waals surface area contributed by atoms with Gasteiger partial charge in [0.15, 0.2) is 0 Å². The molecule has 2 heterocycles. The molecule has 6 heteroatoms. The van der Waals surface area contributed by atoms with Crippen molar-refractivity contribution in [3.63, 3.8) is 0 Å². The molecule has 0 amide bonds. The molecule has 2 rings (SSSR count). The molecule has 1 atom stereocenters. The molecule has 2 N–H and O–H groups in total. The fourth-order valence-electron chi connectivity index (χ4n) is 1.89. The predicted octanol–water partition coefficient (Wildman–Crippen LogP) is 1.95. The summed E-state index contributed by atoms with van der Waals surface area (Å²) in [6.45, 7) is 4.13. The van der Waals surface area contributed by atoms with Gasteiger partial charge in [-0.05, 0) is 31.5 Å². The summed E-state index contributed by atoms with van der Waals surface area (Å²) >= 11 is 1.59. The van der Waals surface area contributed by atoms with Gasteiger partial charge >= 0.3 is 0 Å². The highest BCUT2D eigenvalue weighted by Gasteiger charge is 2.17. The Hall–Kier alpha value is -1.40. The maximum Gasteiger partial charge on any atom is 0.121 e. The highest BCUT2D eigenvalue weighted by Crippen LogP contribution is 2.30. The Bertz CT molecular complexity index is 537. The van der Waals surface area contributed by atoms with E-state index in [0.29, 0.717) is 0 Å². The number of aromatic nitrogens is 4. The maximum absolute atomic E-state index is 6.07. The minimum absolute atomic E-state index is 0.170. The van der Waals surface area contributed by atoms with Crippen LogP contribution in [0.4, 0.5) is 0 Å². The zero-order chi connectivity index (χ0) is 13.8. The zero-order valence-corrected chi connectivity index (χ0v) is 12.3. The molecule has 0 fully saturated rings. The van der Waals surface area contributed by atoms with Crippen LogP contribution in [0.25, 0.3) is 0 Å². The first kappa shape index (κ1) is 14.0. The Balaban J connectivity index is 2.28. The van der Waals surface area contributed by atoms with Gasteiger partial charge in [-0.1, -0.05) is 6.92 Å². The average Bonchev–Trinajstić information content (AvgIpc) is 2.67. The Morgan fingerprint density at radius 3 is 2.84 bits per heavy atom. The monoisotopic (exact) mass is 277 g/mol. The van der Waals surface area contributed by atoms with Crippen LogP contribution in [0.2, 0.25) is 0 Å². The molecule has 19 heavy (non-hydrogen) atoms. The lowest BCUT2D eigenvalue weighted by molar-refractivity contribution is 0.631. The summed E-state index contributed by atoms with van der Waals surface area (Å²) in [5.74, 6) is 0. The summed E-state index contributed by atoms with van der Waals surface area (Å²) in [6, 6.07) is 0.170. The average molecular weight is 277 g/mol. The first-order valence-electron chi connectivity index (χ1n) is 6.33. The number of aryl methyl sites for hydroxylation is 2. The van der Waals surface area contributed by atoms with Gasteiger partial charge in [0.25, 0.3) is 0 Å². The third kappa shape index (κ3) is 3.33. The van der Waals surface area contributed by atoms with E-state index in [-0.39, 0.29) is 6.04 Å². The topological polar surface area (TPSA) is 69.6 Å². The second-order valence-corrected chi connectivity index (χ2v) is 5.52. The van der Waals surface area contributed by atoms with Gasteiger partial charge in [-0.2, -0.15) is 5.10 Å². The third-order valence-corrected chi connectivity index (χ3v) is 4.14. The lowest BCUT2D eigenvalue weighted by Gasteiger charge is -2.10. The van der Waals surface area contributed by atoms with Crippen LogP contribution in [-0.4, -0.2) is 25.8 Å². The number of nitrogens with two attached hydrogens (primary N) is 1. The molecule has 0 aliphatic rings. The largest absolute Gasteiger partial charge is 0.327 e. The van der Waals surface area contributed by atoms with Crippen LogP contribution in [0.15, 0.2) is 28.6 Å². The molecule has 1 unspecified atom stereocenters. The smallest absolute Gasteiger partial charge is 0.121 e. The van der Waals surface area contributed by atoms with Crippen molar-refractivity contribution in [3.05, 3.63) is 29.8 Å². The Morgan fingerprint density at radius 1 is 1.42 bits per heavy atom. The van der Waals surface area contributed by atoms with E-state index in [1.807, 2.05) is 18.7 Å². The Morgan fingerprint density at radius 2 is 2.21 bits per heavy atom. The molecule has 0 radical (unpaired) electrons. The van der Waals surface area contributed by atoms with Gasteiger partial charge < -0.3 is 5.73 Å². The van der Waals surface area contributed by atoms with Crippen LogP contribution < -0.4 is 5.73 Å². The van der Waals surface area contributed by atoms with Crippen molar-refractivity contribution in [2.24, 2.45) is 12.8 Å². The molecule has 0 aliphatic heterocycles. The highest BCUT2D eigenvalue weighted by molar-refractivity contribution is 7.99. The van der Waals surface area contributed by atoms with Gasteiger partial charge in [-0.25, -0.2) is 4.98 Å². The van der Waals surface area contributed by atoms with Crippen LogP contribution in [0, 0.1) is 6.92 Å². The van der Waals surface area contributed by atoms with Crippen molar-refractivity contribution in [3.8, 4) is 0 Å². The van der Waals surface area contributed by atoms with Crippen LogP contribution in [0.1, 0.15) is 24.6 Å². The normalized spacial score (nSPS) is 12.6. The molecule has 2 aromatic heterocycles. The minimum atomic E-state index is 0.170. The van der Waals surface area contributed by atoms with Crippen LogP contribution >= 0.6 is 11.8 Å². The fraction of sp³-hybridized carbons (Fsp3) is 0.462. The molecule has 2 aromatic rings. The van der Waals surface area contributed by atoms with Crippen molar-refractivity contribution in [2.75, 3.05) is 0 Å². The Kier molecular flexibility index (Phi) is 4.55. The second-order valence-electron chi connectivity index (χ2n) is 4.51. The summed E-state index contributed by atoms with van der Waals surface area (Å²) in [5.41, 5.74) is 8.33. The SMILES string of the molecule is CCC(N)Cc1c(C)nn(C)c1Sc1cnccn1. The van der Waals surface area contributed by atoms with Gasteiger partial charge in [0, 0.05) is 31.0 Å². The van der Waals surface area contributed by atoms with Crippen LogP contribution in [0.5, 0.6) is 0 Å². The van der Waals surface area contributed by atoms with E-state index >= 15 is 0 Å². The summed E-state index contributed by atoms with van der Waals surface area (Å²) < 4.78 is 1.90. The van der Waals surface area contributed by atoms with Gasteiger partial charge in [-0.3, -0.25) is 9.67 Å². The van der Waals surface area contributed by atoms with E-state index in [1.54, 1.807) is 30.4 Å². The van der Waals surface area contributed by atoms with Gasteiger partial charge in [0.05, 0.1) is 11.9 Å². The molecule has 0 aromatic carbocycles. The summed E-state index contributed by atoms with van der Waals surface area (Å²) in [6.07, 6.45) is 6.94. The minimum Gasteiger partial charge on any atom is -0.327 e. The summed E-state index contributed by atoms with van der Waals surface area (Å²) in [4.78, 5) is 8.38. The number of hydrogen-bond acceptors (Lipinski definition) is 5. The third-order valence-electron chi connectivity index (χ3n) is 3.02.